The molecule has 2 rings (SSSR count). The smallest absolute Gasteiger partial charge is 0.242 e. The quantitative estimate of drug-likeness (QED) is 0.851. The minimum Gasteiger partial charge on any atom is -0.473 e. The molecule has 1 aromatic heterocycles. The summed E-state index contributed by atoms with van der Waals surface area (Å²) in [5, 5.41) is 0. The number of methoxy groups -OCH3 is 2. The summed E-state index contributed by atoms with van der Waals surface area (Å²) in [6, 6.07) is 0. The largest absolute Gasteiger partial charge is 0.473 e. The van der Waals surface area contributed by atoms with Crippen LogP contribution in [0.3, 0.4) is 0 Å². The topological polar surface area (TPSA) is 82.7 Å². The Morgan fingerprint density at radius 2 is 1.80 bits per heavy atom. The van der Waals surface area contributed by atoms with Gasteiger partial charge in [-0.05, 0) is 13.8 Å². The third kappa shape index (κ3) is 2.94. The zero-order valence-corrected chi connectivity index (χ0v) is 12.4. The maximum atomic E-state index is 6.11. The van der Waals surface area contributed by atoms with Gasteiger partial charge in [0.1, 0.15) is 24.2 Å². The first-order chi connectivity index (χ1) is 9.56. The van der Waals surface area contributed by atoms with E-state index in [1.54, 1.807) is 14.2 Å². The van der Waals surface area contributed by atoms with E-state index in [0.717, 1.165) is 0 Å². The summed E-state index contributed by atoms with van der Waals surface area (Å²) in [5.74, 6) is 1.08. The molecule has 1 aliphatic rings. The fourth-order valence-corrected chi connectivity index (χ4v) is 2.31. The van der Waals surface area contributed by atoms with Crippen LogP contribution in [-0.4, -0.2) is 55.6 Å². The Bertz CT molecular complexity index is 443. The lowest BCUT2D eigenvalue weighted by Gasteiger charge is -2.20. The molecule has 2 atom stereocenters. The zero-order valence-electron chi connectivity index (χ0n) is 12.4. The van der Waals surface area contributed by atoms with Gasteiger partial charge in [0.25, 0.3) is 0 Å². The molecule has 7 nitrogen and oxygen atoms in total. The molecule has 0 bridgehead atoms. The molecule has 2 N–H and O–H groups in total. The van der Waals surface area contributed by atoms with E-state index in [4.69, 9.17) is 19.9 Å². The summed E-state index contributed by atoms with van der Waals surface area (Å²) in [4.78, 5) is 10.4. The van der Waals surface area contributed by atoms with Crippen molar-refractivity contribution in [1.82, 2.24) is 9.97 Å². The van der Waals surface area contributed by atoms with E-state index in [1.807, 2.05) is 18.7 Å². The van der Waals surface area contributed by atoms with E-state index in [0.29, 0.717) is 30.5 Å². The van der Waals surface area contributed by atoms with Gasteiger partial charge >= 0.3 is 0 Å². The Balaban J connectivity index is 2.21. The van der Waals surface area contributed by atoms with Crippen molar-refractivity contribution in [3.8, 4) is 5.88 Å². The highest BCUT2D eigenvalue weighted by molar-refractivity contribution is 5.68. The minimum atomic E-state index is 0.00355. The molecule has 2 unspecified atom stereocenters. The van der Waals surface area contributed by atoms with Crippen LogP contribution in [0.4, 0.5) is 11.5 Å². The summed E-state index contributed by atoms with van der Waals surface area (Å²) in [5.41, 5.74) is 6.56. The van der Waals surface area contributed by atoms with Gasteiger partial charge in [0.15, 0.2) is 5.82 Å². The molecular weight excluding hydrogens is 260 g/mol. The van der Waals surface area contributed by atoms with Crippen molar-refractivity contribution in [2.45, 2.75) is 32.2 Å². The Morgan fingerprint density at radius 3 is 2.30 bits per heavy atom. The molecule has 1 saturated heterocycles. The number of nitrogen functional groups attached to an aromatic ring is 1. The van der Waals surface area contributed by atoms with Crippen LogP contribution in [-0.2, 0) is 9.47 Å². The number of anilines is 2. The number of nitrogens with zero attached hydrogens (tertiary/aromatic N) is 3. The van der Waals surface area contributed by atoms with Gasteiger partial charge in [-0.1, -0.05) is 0 Å². The van der Waals surface area contributed by atoms with Crippen molar-refractivity contribution in [3.63, 3.8) is 0 Å². The minimum absolute atomic E-state index is 0.00355. The highest BCUT2D eigenvalue weighted by Crippen LogP contribution is 2.31. The third-order valence-electron chi connectivity index (χ3n) is 3.29. The van der Waals surface area contributed by atoms with Crippen molar-refractivity contribution < 1.29 is 14.2 Å². The predicted molar refractivity (Wildman–Crippen MR) is 76.0 cm³/mol. The van der Waals surface area contributed by atoms with Crippen LogP contribution in [0, 0.1) is 0 Å². The number of rotatable bonds is 5. The van der Waals surface area contributed by atoms with Crippen molar-refractivity contribution in [3.05, 3.63) is 6.33 Å². The molecule has 0 spiro atoms. The molecule has 0 aromatic carbocycles. The van der Waals surface area contributed by atoms with E-state index in [1.165, 1.54) is 6.33 Å². The fraction of sp³-hybridized carbons (Fsp3) is 0.692. The molecule has 0 aliphatic carbocycles. The van der Waals surface area contributed by atoms with Gasteiger partial charge in [0, 0.05) is 27.3 Å². The van der Waals surface area contributed by atoms with E-state index in [9.17, 15) is 0 Å². The zero-order chi connectivity index (χ0) is 14.7. The van der Waals surface area contributed by atoms with Crippen LogP contribution in [0.15, 0.2) is 6.33 Å². The first-order valence-corrected chi connectivity index (χ1v) is 6.64. The first kappa shape index (κ1) is 14.8. The van der Waals surface area contributed by atoms with Crippen LogP contribution in [0.25, 0.3) is 0 Å². The molecule has 1 aliphatic heterocycles. The second-order valence-corrected chi connectivity index (χ2v) is 5.04. The van der Waals surface area contributed by atoms with Gasteiger partial charge in [0.05, 0.1) is 6.10 Å². The van der Waals surface area contributed by atoms with E-state index in [-0.39, 0.29) is 18.3 Å². The van der Waals surface area contributed by atoms with Gasteiger partial charge in [-0.2, -0.15) is 4.98 Å². The average molecular weight is 282 g/mol. The molecule has 2 heterocycles. The highest BCUT2D eigenvalue weighted by Gasteiger charge is 2.35. The summed E-state index contributed by atoms with van der Waals surface area (Å²) in [7, 11) is 3.35. The van der Waals surface area contributed by atoms with Crippen LogP contribution in [0.2, 0.25) is 0 Å². The van der Waals surface area contributed by atoms with E-state index < -0.39 is 0 Å². The number of nitrogens with two attached hydrogens (primary N) is 1. The third-order valence-corrected chi connectivity index (χ3v) is 3.29. The molecule has 0 radical (unpaired) electrons. The Morgan fingerprint density at radius 1 is 1.20 bits per heavy atom. The van der Waals surface area contributed by atoms with E-state index >= 15 is 0 Å². The molecule has 1 aromatic rings. The van der Waals surface area contributed by atoms with Gasteiger partial charge in [-0.15, -0.1) is 0 Å². The molecular formula is C13H22N4O3. The lowest BCUT2D eigenvalue weighted by atomic mass is 10.3. The molecule has 112 valence electrons. The van der Waals surface area contributed by atoms with Gasteiger partial charge in [-0.25, -0.2) is 4.98 Å². The normalized spacial score (nSPS) is 22.6. The SMILES string of the molecule is COC1CN(c2ncnc(OC(C)C)c2N)CC1OC. The second kappa shape index (κ2) is 6.23. The van der Waals surface area contributed by atoms with Crippen LogP contribution < -0.4 is 15.4 Å². The first-order valence-electron chi connectivity index (χ1n) is 6.64. The summed E-state index contributed by atoms with van der Waals surface area (Å²) in [6.45, 7) is 5.21. The van der Waals surface area contributed by atoms with Gasteiger partial charge in [-0.3, -0.25) is 0 Å². The molecule has 0 amide bonds. The summed E-state index contributed by atoms with van der Waals surface area (Å²) >= 11 is 0. The maximum absolute atomic E-state index is 6.11. The van der Waals surface area contributed by atoms with Gasteiger partial charge in [0.2, 0.25) is 5.88 Å². The molecule has 20 heavy (non-hydrogen) atoms. The van der Waals surface area contributed by atoms with Crippen molar-refractivity contribution in [2.24, 2.45) is 0 Å². The lowest BCUT2D eigenvalue weighted by Crippen LogP contribution is -2.27. The van der Waals surface area contributed by atoms with Crippen LogP contribution in [0.1, 0.15) is 13.8 Å². The molecule has 1 fully saturated rings. The number of hydrogen-bond donors (Lipinski definition) is 1. The Labute approximate surface area is 119 Å². The van der Waals surface area contributed by atoms with Crippen molar-refractivity contribution in [1.29, 1.82) is 0 Å². The standard InChI is InChI=1S/C13H22N4O3/c1-8(2)20-13-11(14)12(15-7-16-13)17-5-9(18-3)10(6-17)19-4/h7-10H,5-6,14H2,1-4H3. The average Bonchev–Trinajstić information content (AvgIpc) is 2.83. The monoisotopic (exact) mass is 282 g/mol. The fourth-order valence-electron chi connectivity index (χ4n) is 2.31. The maximum Gasteiger partial charge on any atom is 0.242 e. The highest BCUT2D eigenvalue weighted by atomic mass is 16.5. The van der Waals surface area contributed by atoms with Crippen molar-refractivity contribution in [2.75, 3.05) is 37.9 Å². The second-order valence-electron chi connectivity index (χ2n) is 5.04. The van der Waals surface area contributed by atoms with Gasteiger partial charge < -0.3 is 24.8 Å². The summed E-state index contributed by atoms with van der Waals surface area (Å²) < 4.78 is 16.4. The van der Waals surface area contributed by atoms with Crippen LogP contribution in [0.5, 0.6) is 5.88 Å². The number of aromatic nitrogens is 2. The molecule has 7 heteroatoms. The Hall–Kier alpha value is -1.60. The summed E-state index contributed by atoms with van der Waals surface area (Å²) in [6.07, 6.45) is 1.48. The van der Waals surface area contributed by atoms with Crippen LogP contribution >= 0.6 is 0 Å². The Kier molecular flexibility index (Phi) is 4.61. The number of ether oxygens (including phenoxy) is 3. The van der Waals surface area contributed by atoms with E-state index in [2.05, 4.69) is 9.97 Å². The van der Waals surface area contributed by atoms with Crippen molar-refractivity contribution >= 4 is 11.5 Å². The lowest BCUT2D eigenvalue weighted by molar-refractivity contribution is -0.00461. The number of hydrogen-bond acceptors (Lipinski definition) is 7. The molecule has 0 saturated carbocycles. The predicted octanol–water partition coefficient (Wildman–Crippen LogP) is 0.696.